The normalized spacial score (nSPS) is 21.9. The molecule has 0 spiro atoms. The highest BCUT2D eigenvalue weighted by atomic mass is 32.2. The molecule has 2 atom stereocenters. The molecular formula is C17H24N2O3S. The van der Waals surface area contributed by atoms with Crippen LogP contribution in [0.15, 0.2) is 30.3 Å². The summed E-state index contributed by atoms with van der Waals surface area (Å²) in [5.74, 6) is 1.15. The van der Waals surface area contributed by atoms with Gasteiger partial charge >= 0.3 is 5.97 Å². The smallest absolute Gasteiger partial charge is 0.323 e. The van der Waals surface area contributed by atoms with Crippen molar-refractivity contribution in [3.05, 3.63) is 35.9 Å². The molecule has 0 saturated carbocycles. The van der Waals surface area contributed by atoms with E-state index in [2.05, 4.69) is 5.32 Å². The number of amides is 1. The van der Waals surface area contributed by atoms with Crippen LogP contribution in [0, 0.1) is 0 Å². The van der Waals surface area contributed by atoms with Crippen molar-refractivity contribution in [2.24, 2.45) is 0 Å². The zero-order valence-corrected chi connectivity index (χ0v) is 14.6. The quantitative estimate of drug-likeness (QED) is 0.832. The lowest BCUT2D eigenvalue weighted by Gasteiger charge is -2.40. The van der Waals surface area contributed by atoms with Gasteiger partial charge in [0.15, 0.2) is 0 Å². The van der Waals surface area contributed by atoms with E-state index in [4.69, 9.17) is 4.74 Å². The minimum absolute atomic E-state index is 0.0250. The molecule has 5 nitrogen and oxygen atoms in total. The fourth-order valence-corrected chi connectivity index (χ4v) is 4.05. The van der Waals surface area contributed by atoms with Crippen molar-refractivity contribution >= 4 is 23.6 Å². The molecule has 1 aliphatic heterocycles. The molecule has 0 unspecified atom stereocenters. The number of nitrogens with one attached hydrogen (secondary N) is 1. The predicted octanol–water partition coefficient (Wildman–Crippen LogP) is 1.84. The lowest BCUT2D eigenvalue weighted by Crippen LogP contribution is -2.53. The minimum Gasteiger partial charge on any atom is -0.468 e. The van der Waals surface area contributed by atoms with Gasteiger partial charge in [-0.15, -0.1) is 0 Å². The molecule has 1 aromatic rings. The van der Waals surface area contributed by atoms with Crippen LogP contribution in [-0.2, 0) is 14.3 Å². The fourth-order valence-electron chi connectivity index (χ4n) is 2.76. The second kappa shape index (κ2) is 8.36. The molecule has 6 heteroatoms. The van der Waals surface area contributed by atoms with Gasteiger partial charge in [0.1, 0.15) is 6.04 Å². The molecule has 0 aromatic heterocycles. The van der Waals surface area contributed by atoms with Crippen LogP contribution >= 0.6 is 11.8 Å². The highest BCUT2D eigenvalue weighted by Gasteiger charge is 2.37. The van der Waals surface area contributed by atoms with Gasteiger partial charge < -0.3 is 10.1 Å². The number of nitrogens with zero attached hydrogens (tertiary/aromatic N) is 1. The van der Waals surface area contributed by atoms with Gasteiger partial charge in [0.25, 0.3) is 0 Å². The van der Waals surface area contributed by atoms with Crippen LogP contribution in [0.3, 0.4) is 0 Å². The molecule has 126 valence electrons. The number of benzene rings is 1. The largest absolute Gasteiger partial charge is 0.468 e. The summed E-state index contributed by atoms with van der Waals surface area (Å²) >= 11 is 1.72. The maximum atomic E-state index is 12.2. The molecule has 1 heterocycles. The van der Waals surface area contributed by atoms with Crippen molar-refractivity contribution in [2.75, 3.05) is 25.2 Å². The second-order valence-corrected chi connectivity index (χ2v) is 6.97. The number of hydrogen-bond acceptors (Lipinski definition) is 5. The number of methoxy groups -OCH3 is 1. The van der Waals surface area contributed by atoms with Gasteiger partial charge in [0, 0.05) is 23.6 Å². The van der Waals surface area contributed by atoms with E-state index in [-0.39, 0.29) is 30.5 Å². The van der Waals surface area contributed by atoms with E-state index in [1.807, 2.05) is 49.1 Å². The Bertz CT molecular complexity index is 536. The Morgan fingerprint density at radius 3 is 2.61 bits per heavy atom. The van der Waals surface area contributed by atoms with Gasteiger partial charge in [-0.3, -0.25) is 14.5 Å². The predicted molar refractivity (Wildman–Crippen MR) is 92.3 cm³/mol. The van der Waals surface area contributed by atoms with Crippen molar-refractivity contribution in [3.8, 4) is 0 Å². The van der Waals surface area contributed by atoms with Gasteiger partial charge in [-0.2, -0.15) is 11.8 Å². The van der Waals surface area contributed by atoms with E-state index < -0.39 is 6.04 Å². The van der Waals surface area contributed by atoms with Crippen LogP contribution in [0.5, 0.6) is 0 Å². The van der Waals surface area contributed by atoms with Crippen LogP contribution in [0.4, 0.5) is 0 Å². The molecule has 1 amide bonds. The highest BCUT2D eigenvalue weighted by Crippen LogP contribution is 2.33. The zero-order valence-electron chi connectivity index (χ0n) is 13.8. The Balaban J connectivity index is 2.24. The summed E-state index contributed by atoms with van der Waals surface area (Å²) in [4.78, 5) is 26.4. The average Bonchev–Trinajstić information content (AvgIpc) is 2.54. The SMILES string of the molecule is COC(=O)[C@H]1CSC[C@H](c2ccccc2)N1CC(=O)NC(C)C. The first-order chi connectivity index (χ1) is 11.0. The number of carbonyl (C=O) groups excluding carboxylic acids is 2. The first kappa shape index (κ1) is 17.8. The number of ether oxygens (including phenoxy) is 1. The highest BCUT2D eigenvalue weighted by molar-refractivity contribution is 7.99. The number of esters is 1. The third-order valence-electron chi connectivity index (χ3n) is 3.79. The molecule has 1 fully saturated rings. The minimum atomic E-state index is -0.401. The van der Waals surface area contributed by atoms with E-state index >= 15 is 0 Å². The van der Waals surface area contributed by atoms with Gasteiger partial charge in [-0.1, -0.05) is 30.3 Å². The van der Waals surface area contributed by atoms with E-state index in [1.54, 1.807) is 11.8 Å². The number of carbonyl (C=O) groups is 2. The van der Waals surface area contributed by atoms with Crippen LogP contribution in [-0.4, -0.2) is 54.0 Å². The monoisotopic (exact) mass is 336 g/mol. The van der Waals surface area contributed by atoms with Crippen molar-refractivity contribution in [1.29, 1.82) is 0 Å². The summed E-state index contributed by atoms with van der Waals surface area (Å²) in [7, 11) is 1.39. The zero-order chi connectivity index (χ0) is 16.8. The van der Waals surface area contributed by atoms with Crippen molar-refractivity contribution < 1.29 is 14.3 Å². The van der Waals surface area contributed by atoms with Gasteiger partial charge in [-0.25, -0.2) is 0 Å². The third kappa shape index (κ3) is 4.72. The Morgan fingerprint density at radius 1 is 1.30 bits per heavy atom. The molecule has 23 heavy (non-hydrogen) atoms. The lowest BCUT2D eigenvalue weighted by atomic mass is 10.0. The number of rotatable bonds is 5. The van der Waals surface area contributed by atoms with Gasteiger partial charge in [-0.05, 0) is 19.4 Å². The standard InChI is InChI=1S/C17H24N2O3S/c1-12(2)18-16(20)9-19-14(13-7-5-4-6-8-13)10-23-11-15(19)17(21)22-3/h4-8,12,14-15H,9-11H2,1-3H3,(H,18,20)/t14-,15-/m1/s1. The summed E-state index contributed by atoms with van der Waals surface area (Å²) in [5.41, 5.74) is 1.12. The number of thioether (sulfide) groups is 1. The summed E-state index contributed by atoms with van der Waals surface area (Å²) in [6.07, 6.45) is 0. The van der Waals surface area contributed by atoms with Crippen molar-refractivity contribution in [2.45, 2.75) is 32.0 Å². The van der Waals surface area contributed by atoms with E-state index in [1.165, 1.54) is 7.11 Å². The Labute approximate surface area is 141 Å². The average molecular weight is 336 g/mol. The molecule has 1 aliphatic rings. The van der Waals surface area contributed by atoms with Crippen LogP contribution < -0.4 is 5.32 Å². The van der Waals surface area contributed by atoms with E-state index in [0.29, 0.717) is 5.75 Å². The van der Waals surface area contributed by atoms with Crippen LogP contribution in [0.2, 0.25) is 0 Å². The molecular weight excluding hydrogens is 312 g/mol. The Kier molecular flexibility index (Phi) is 6.47. The summed E-state index contributed by atoms with van der Waals surface area (Å²) < 4.78 is 4.94. The fraction of sp³-hybridized carbons (Fsp3) is 0.529. The summed E-state index contributed by atoms with van der Waals surface area (Å²) in [5, 5.41) is 2.90. The molecule has 1 saturated heterocycles. The van der Waals surface area contributed by atoms with E-state index in [0.717, 1.165) is 11.3 Å². The van der Waals surface area contributed by atoms with Crippen LogP contribution in [0.25, 0.3) is 0 Å². The second-order valence-electron chi connectivity index (χ2n) is 5.90. The maximum absolute atomic E-state index is 12.2. The number of hydrogen-bond donors (Lipinski definition) is 1. The lowest BCUT2D eigenvalue weighted by molar-refractivity contribution is -0.147. The molecule has 0 aliphatic carbocycles. The molecule has 1 aromatic carbocycles. The van der Waals surface area contributed by atoms with Crippen LogP contribution in [0.1, 0.15) is 25.5 Å². The van der Waals surface area contributed by atoms with Gasteiger partial charge in [0.05, 0.1) is 13.7 Å². The third-order valence-corrected chi connectivity index (χ3v) is 4.89. The van der Waals surface area contributed by atoms with Crippen molar-refractivity contribution in [3.63, 3.8) is 0 Å². The topological polar surface area (TPSA) is 58.6 Å². The Hall–Kier alpha value is -1.53. The van der Waals surface area contributed by atoms with Crippen molar-refractivity contribution in [1.82, 2.24) is 10.2 Å². The molecule has 0 radical (unpaired) electrons. The molecule has 1 N–H and O–H groups in total. The summed E-state index contributed by atoms with van der Waals surface area (Å²) in [6, 6.07) is 9.71. The first-order valence-electron chi connectivity index (χ1n) is 7.78. The first-order valence-corrected chi connectivity index (χ1v) is 8.94. The summed E-state index contributed by atoms with van der Waals surface area (Å²) in [6.45, 7) is 4.05. The molecule has 2 rings (SSSR count). The Morgan fingerprint density at radius 2 is 2.00 bits per heavy atom. The maximum Gasteiger partial charge on any atom is 0.323 e. The van der Waals surface area contributed by atoms with E-state index in [9.17, 15) is 9.59 Å². The molecule has 0 bridgehead atoms. The van der Waals surface area contributed by atoms with Gasteiger partial charge in [0.2, 0.25) is 5.91 Å².